The molecule has 1 aromatic carbocycles. The molecule has 0 heterocycles. The summed E-state index contributed by atoms with van der Waals surface area (Å²) in [5, 5.41) is 0. The van der Waals surface area contributed by atoms with E-state index < -0.39 is 0 Å². The summed E-state index contributed by atoms with van der Waals surface area (Å²) in [6.07, 6.45) is 0.927. The van der Waals surface area contributed by atoms with Crippen LogP contribution in [0.2, 0.25) is 0 Å². The van der Waals surface area contributed by atoms with Crippen LogP contribution in [0.4, 0.5) is 0 Å². The van der Waals surface area contributed by atoms with Gasteiger partial charge in [0.05, 0.1) is 0 Å². The Labute approximate surface area is 92.4 Å². The summed E-state index contributed by atoms with van der Waals surface area (Å²) in [6, 6.07) is 6.26. The van der Waals surface area contributed by atoms with Gasteiger partial charge in [0.1, 0.15) is 11.4 Å². The SMILES string of the molecule is Cc1cc(CCN)ccc1OC(C)(C)C. The van der Waals surface area contributed by atoms with Crippen LogP contribution in [0.5, 0.6) is 5.75 Å². The second-order valence-electron chi connectivity index (χ2n) is 4.85. The van der Waals surface area contributed by atoms with Crippen molar-refractivity contribution in [1.29, 1.82) is 0 Å². The Morgan fingerprint density at radius 2 is 1.93 bits per heavy atom. The Morgan fingerprint density at radius 1 is 1.27 bits per heavy atom. The Kier molecular flexibility index (Phi) is 3.75. The van der Waals surface area contributed by atoms with Crippen molar-refractivity contribution in [3.8, 4) is 5.75 Å². The van der Waals surface area contributed by atoms with Crippen LogP contribution in [0, 0.1) is 6.92 Å². The first-order chi connectivity index (χ1) is 6.92. The minimum Gasteiger partial charge on any atom is -0.488 e. The van der Waals surface area contributed by atoms with E-state index >= 15 is 0 Å². The average Bonchev–Trinajstić information content (AvgIpc) is 2.08. The van der Waals surface area contributed by atoms with Crippen molar-refractivity contribution in [2.75, 3.05) is 6.54 Å². The molecule has 2 N–H and O–H groups in total. The molecule has 0 spiro atoms. The highest BCUT2D eigenvalue weighted by molar-refractivity contribution is 5.36. The molecular weight excluding hydrogens is 186 g/mol. The number of nitrogens with two attached hydrogens (primary N) is 1. The van der Waals surface area contributed by atoms with Crippen LogP contribution in [-0.4, -0.2) is 12.1 Å². The lowest BCUT2D eigenvalue weighted by atomic mass is 10.1. The van der Waals surface area contributed by atoms with E-state index in [0.29, 0.717) is 6.54 Å². The second kappa shape index (κ2) is 4.67. The molecule has 0 bridgehead atoms. The molecule has 0 aliphatic rings. The largest absolute Gasteiger partial charge is 0.488 e. The molecule has 84 valence electrons. The number of rotatable bonds is 3. The third-order valence-corrected chi connectivity index (χ3v) is 2.09. The maximum Gasteiger partial charge on any atom is 0.123 e. The van der Waals surface area contributed by atoms with Crippen LogP contribution in [0.1, 0.15) is 31.9 Å². The van der Waals surface area contributed by atoms with Crippen LogP contribution in [-0.2, 0) is 6.42 Å². The molecule has 0 unspecified atom stereocenters. The molecule has 0 aromatic heterocycles. The van der Waals surface area contributed by atoms with E-state index in [9.17, 15) is 0 Å². The molecule has 0 fully saturated rings. The summed E-state index contributed by atoms with van der Waals surface area (Å²) in [5.74, 6) is 0.961. The van der Waals surface area contributed by atoms with Gasteiger partial charge in [0.2, 0.25) is 0 Å². The third-order valence-electron chi connectivity index (χ3n) is 2.09. The molecule has 15 heavy (non-hydrogen) atoms. The van der Waals surface area contributed by atoms with Crippen LogP contribution < -0.4 is 10.5 Å². The first-order valence-corrected chi connectivity index (χ1v) is 5.41. The fourth-order valence-corrected chi connectivity index (χ4v) is 1.48. The molecule has 2 heteroatoms. The Hall–Kier alpha value is -1.02. The van der Waals surface area contributed by atoms with Gasteiger partial charge < -0.3 is 10.5 Å². The van der Waals surface area contributed by atoms with Crippen molar-refractivity contribution in [2.24, 2.45) is 5.73 Å². The minimum absolute atomic E-state index is 0.139. The molecule has 0 amide bonds. The van der Waals surface area contributed by atoms with Gasteiger partial charge in [0.15, 0.2) is 0 Å². The van der Waals surface area contributed by atoms with Gasteiger partial charge in [-0.25, -0.2) is 0 Å². The van der Waals surface area contributed by atoms with E-state index in [2.05, 4.69) is 39.8 Å². The molecule has 0 atom stereocenters. The zero-order valence-electron chi connectivity index (χ0n) is 10.1. The smallest absolute Gasteiger partial charge is 0.123 e. The zero-order valence-corrected chi connectivity index (χ0v) is 10.1. The maximum atomic E-state index is 5.83. The molecule has 0 aliphatic carbocycles. The third kappa shape index (κ3) is 3.92. The Balaban J connectivity index is 2.84. The maximum absolute atomic E-state index is 5.83. The van der Waals surface area contributed by atoms with Crippen molar-refractivity contribution >= 4 is 0 Å². The highest BCUT2D eigenvalue weighted by Crippen LogP contribution is 2.23. The normalized spacial score (nSPS) is 11.5. The van der Waals surface area contributed by atoms with E-state index in [1.165, 1.54) is 11.1 Å². The summed E-state index contributed by atoms with van der Waals surface area (Å²) in [7, 11) is 0. The molecular formula is C13H21NO. The van der Waals surface area contributed by atoms with E-state index in [1.807, 2.05) is 6.07 Å². The number of ether oxygens (including phenoxy) is 1. The van der Waals surface area contributed by atoms with E-state index in [4.69, 9.17) is 10.5 Å². The van der Waals surface area contributed by atoms with E-state index in [-0.39, 0.29) is 5.60 Å². The van der Waals surface area contributed by atoms with Gasteiger partial charge in [0.25, 0.3) is 0 Å². The van der Waals surface area contributed by atoms with Crippen molar-refractivity contribution in [3.05, 3.63) is 29.3 Å². The Morgan fingerprint density at radius 3 is 2.40 bits per heavy atom. The van der Waals surface area contributed by atoms with Gasteiger partial charge in [0, 0.05) is 0 Å². The number of hydrogen-bond donors (Lipinski definition) is 1. The molecule has 0 aliphatic heterocycles. The molecule has 0 saturated carbocycles. The summed E-state index contributed by atoms with van der Waals surface area (Å²) in [6.45, 7) is 8.93. The van der Waals surface area contributed by atoms with Crippen LogP contribution >= 0.6 is 0 Å². The number of benzene rings is 1. The van der Waals surface area contributed by atoms with Gasteiger partial charge in [-0.2, -0.15) is 0 Å². The minimum atomic E-state index is -0.139. The lowest BCUT2D eigenvalue weighted by Crippen LogP contribution is -2.23. The predicted molar refractivity (Wildman–Crippen MR) is 64.3 cm³/mol. The summed E-state index contributed by atoms with van der Waals surface area (Å²) < 4.78 is 5.83. The highest BCUT2D eigenvalue weighted by Gasteiger charge is 2.13. The first kappa shape index (κ1) is 12.1. The molecule has 0 radical (unpaired) electrons. The summed E-state index contributed by atoms with van der Waals surface area (Å²) in [5.41, 5.74) is 7.83. The lowest BCUT2D eigenvalue weighted by Gasteiger charge is -2.22. The van der Waals surface area contributed by atoms with E-state index in [0.717, 1.165) is 12.2 Å². The lowest BCUT2D eigenvalue weighted by molar-refractivity contribution is 0.130. The van der Waals surface area contributed by atoms with Crippen LogP contribution in [0.3, 0.4) is 0 Å². The quantitative estimate of drug-likeness (QED) is 0.827. The standard InChI is InChI=1S/C13H21NO/c1-10-9-11(7-8-14)5-6-12(10)15-13(2,3)4/h5-6,9H,7-8,14H2,1-4H3. The van der Waals surface area contributed by atoms with Crippen molar-refractivity contribution in [2.45, 2.75) is 39.7 Å². The van der Waals surface area contributed by atoms with Crippen LogP contribution in [0.25, 0.3) is 0 Å². The first-order valence-electron chi connectivity index (χ1n) is 5.41. The van der Waals surface area contributed by atoms with Crippen LogP contribution in [0.15, 0.2) is 18.2 Å². The highest BCUT2D eigenvalue weighted by atomic mass is 16.5. The summed E-state index contributed by atoms with van der Waals surface area (Å²) in [4.78, 5) is 0. The van der Waals surface area contributed by atoms with Gasteiger partial charge >= 0.3 is 0 Å². The number of hydrogen-bond acceptors (Lipinski definition) is 2. The van der Waals surface area contributed by atoms with Gasteiger partial charge in [-0.15, -0.1) is 0 Å². The van der Waals surface area contributed by atoms with Crippen molar-refractivity contribution in [3.63, 3.8) is 0 Å². The Bertz CT molecular complexity index is 326. The number of aryl methyl sites for hydroxylation is 1. The van der Waals surface area contributed by atoms with Gasteiger partial charge in [-0.05, 0) is 57.9 Å². The predicted octanol–water partition coefficient (Wildman–Crippen LogP) is 2.67. The van der Waals surface area contributed by atoms with Gasteiger partial charge in [-0.3, -0.25) is 0 Å². The summed E-state index contributed by atoms with van der Waals surface area (Å²) >= 11 is 0. The van der Waals surface area contributed by atoms with E-state index in [1.54, 1.807) is 0 Å². The van der Waals surface area contributed by atoms with Gasteiger partial charge in [-0.1, -0.05) is 12.1 Å². The zero-order chi connectivity index (χ0) is 11.5. The van der Waals surface area contributed by atoms with Crippen molar-refractivity contribution in [1.82, 2.24) is 0 Å². The van der Waals surface area contributed by atoms with Crippen molar-refractivity contribution < 1.29 is 4.74 Å². The topological polar surface area (TPSA) is 35.2 Å². The monoisotopic (exact) mass is 207 g/mol. The molecule has 1 aromatic rings. The fourth-order valence-electron chi connectivity index (χ4n) is 1.48. The molecule has 1 rings (SSSR count). The molecule has 2 nitrogen and oxygen atoms in total. The average molecular weight is 207 g/mol. The second-order valence-corrected chi connectivity index (χ2v) is 4.85. The fraction of sp³-hybridized carbons (Fsp3) is 0.538. The molecule has 0 saturated heterocycles.